The molecule has 2 heterocycles. The van der Waals surface area contributed by atoms with Crippen LogP contribution in [0.15, 0.2) is 18.2 Å². The van der Waals surface area contributed by atoms with E-state index in [0.29, 0.717) is 13.1 Å². The molecule has 1 amide bonds. The van der Waals surface area contributed by atoms with Gasteiger partial charge < -0.3 is 10.5 Å². The largest absolute Gasteiger partial charge is 0.493 e. The quantitative estimate of drug-likeness (QED) is 0.896. The van der Waals surface area contributed by atoms with Gasteiger partial charge in [-0.3, -0.25) is 9.69 Å². The molecule has 0 aliphatic carbocycles. The lowest BCUT2D eigenvalue weighted by atomic mass is 10.1. The Morgan fingerprint density at radius 2 is 2.35 bits per heavy atom. The summed E-state index contributed by atoms with van der Waals surface area (Å²) in [6, 6.07) is 5.71. The van der Waals surface area contributed by atoms with Gasteiger partial charge in [-0.15, -0.1) is 0 Å². The molecule has 1 fully saturated rings. The van der Waals surface area contributed by atoms with Crippen LogP contribution in [0.4, 0.5) is 4.39 Å². The van der Waals surface area contributed by atoms with Gasteiger partial charge in [-0.1, -0.05) is 12.1 Å². The van der Waals surface area contributed by atoms with Gasteiger partial charge in [0, 0.05) is 25.9 Å². The van der Waals surface area contributed by atoms with Gasteiger partial charge in [-0.05, 0) is 23.6 Å². The van der Waals surface area contributed by atoms with E-state index in [1.807, 2.05) is 17.0 Å². The first-order chi connectivity index (χ1) is 9.63. The molecule has 0 aromatic heterocycles. The minimum absolute atomic E-state index is 0.230. The summed E-state index contributed by atoms with van der Waals surface area (Å²) in [7, 11) is 0. The van der Waals surface area contributed by atoms with Crippen molar-refractivity contribution in [2.45, 2.75) is 31.5 Å². The Bertz CT molecular complexity index is 521. The van der Waals surface area contributed by atoms with Crippen molar-refractivity contribution in [2.75, 3.05) is 19.7 Å². The van der Waals surface area contributed by atoms with E-state index in [1.54, 1.807) is 0 Å². The van der Waals surface area contributed by atoms with Crippen molar-refractivity contribution in [2.24, 2.45) is 5.73 Å². The number of nitrogens with zero attached hydrogens (tertiary/aromatic N) is 1. The highest BCUT2D eigenvalue weighted by Crippen LogP contribution is 2.26. The summed E-state index contributed by atoms with van der Waals surface area (Å²) in [6.07, 6.45) is 1.03. The number of halogens is 1. The molecule has 1 saturated heterocycles. The molecule has 4 nitrogen and oxygen atoms in total. The summed E-state index contributed by atoms with van der Waals surface area (Å²) in [5.41, 5.74) is 7.76. The van der Waals surface area contributed by atoms with Crippen LogP contribution in [0.1, 0.15) is 17.5 Å². The van der Waals surface area contributed by atoms with Crippen LogP contribution >= 0.6 is 0 Å². The van der Waals surface area contributed by atoms with Gasteiger partial charge in [0.25, 0.3) is 0 Å². The van der Waals surface area contributed by atoms with Gasteiger partial charge in [-0.25, -0.2) is 4.39 Å². The highest BCUT2D eigenvalue weighted by molar-refractivity contribution is 5.80. The zero-order chi connectivity index (χ0) is 14.1. The molecule has 108 valence electrons. The number of hydrogen-bond donors (Lipinski definition) is 1. The molecule has 0 radical (unpaired) electrons. The highest BCUT2D eigenvalue weighted by Gasteiger charge is 2.35. The molecular formula is C15H19FN2O2. The molecule has 0 saturated carbocycles. The van der Waals surface area contributed by atoms with E-state index in [4.69, 9.17) is 10.5 Å². The molecule has 2 aliphatic heterocycles. The molecule has 0 spiro atoms. The number of benzene rings is 1. The third kappa shape index (κ3) is 2.63. The highest BCUT2D eigenvalue weighted by atomic mass is 19.1. The van der Waals surface area contributed by atoms with Crippen LogP contribution in [-0.2, 0) is 17.6 Å². The number of carbonyl (C=O) groups is 1. The zero-order valence-corrected chi connectivity index (χ0v) is 11.3. The fraction of sp³-hybridized carbons (Fsp3) is 0.533. The second kappa shape index (κ2) is 5.40. The number of likely N-dealkylation sites (tertiary alicyclic amines) is 1. The SMILES string of the molecule is NC(=O)[C@@H]1C[C@@H](F)CN1CCc1ccc2c(c1)CCO2. The van der Waals surface area contributed by atoms with Crippen molar-refractivity contribution in [3.05, 3.63) is 29.3 Å². The van der Waals surface area contributed by atoms with Crippen LogP contribution in [0.5, 0.6) is 5.75 Å². The summed E-state index contributed by atoms with van der Waals surface area (Å²) < 4.78 is 18.9. The van der Waals surface area contributed by atoms with Crippen molar-refractivity contribution >= 4 is 5.91 Å². The second-order valence-electron chi connectivity index (χ2n) is 5.54. The fourth-order valence-corrected chi connectivity index (χ4v) is 3.06. The van der Waals surface area contributed by atoms with Crippen molar-refractivity contribution in [3.8, 4) is 5.75 Å². The van der Waals surface area contributed by atoms with Crippen molar-refractivity contribution in [1.82, 2.24) is 4.90 Å². The van der Waals surface area contributed by atoms with Gasteiger partial charge in [0.1, 0.15) is 11.9 Å². The van der Waals surface area contributed by atoms with Gasteiger partial charge in [0.2, 0.25) is 5.91 Å². The average Bonchev–Trinajstić information content (AvgIpc) is 3.01. The van der Waals surface area contributed by atoms with E-state index in [-0.39, 0.29) is 6.42 Å². The lowest BCUT2D eigenvalue weighted by Crippen LogP contribution is -2.41. The first kappa shape index (κ1) is 13.4. The summed E-state index contributed by atoms with van der Waals surface area (Å²) in [5.74, 6) is 0.543. The number of carbonyl (C=O) groups excluding carboxylic acids is 1. The van der Waals surface area contributed by atoms with Crippen LogP contribution in [0.2, 0.25) is 0 Å². The van der Waals surface area contributed by atoms with Crippen molar-refractivity contribution in [1.29, 1.82) is 0 Å². The van der Waals surface area contributed by atoms with Crippen LogP contribution in [0.3, 0.4) is 0 Å². The Morgan fingerprint density at radius 1 is 1.50 bits per heavy atom. The number of fused-ring (bicyclic) bond motifs is 1. The molecule has 1 aromatic carbocycles. The Kier molecular flexibility index (Phi) is 3.61. The van der Waals surface area contributed by atoms with Crippen LogP contribution in [0, 0.1) is 0 Å². The number of amides is 1. The van der Waals surface area contributed by atoms with E-state index >= 15 is 0 Å². The molecule has 2 atom stereocenters. The van der Waals surface area contributed by atoms with Crippen LogP contribution < -0.4 is 10.5 Å². The third-order valence-electron chi connectivity index (χ3n) is 4.12. The van der Waals surface area contributed by atoms with Gasteiger partial charge in [-0.2, -0.15) is 0 Å². The number of hydrogen-bond acceptors (Lipinski definition) is 3. The molecule has 1 aromatic rings. The van der Waals surface area contributed by atoms with E-state index in [1.165, 1.54) is 11.1 Å². The molecule has 3 rings (SSSR count). The Morgan fingerprint density at radius 3 is 3.15 bits per heavy atom. The number of alkyl halides is 1. The fourth-order valence-electron chi connectivity index (χ4n) is 3.06. The summed E-state index contributed by atoms with van der Waals surface area (Å²) in [4.78, 5) is 13.2. The lowest BCUT2D eigenvalue weighted by Gasteiger charge is -2.21. The predicted molar refractivity (Wildman–Crippen MR) is 73.4 cm³/mol. The standard InChI is InChI=1S/C15H19FN2O2/c16-12-8-13(15(17)19)18(9-12)5-3-10-1-2-14-11(7-10)4-6-20-14/h1-2,7,12-13H,3-6,8-9H2,(H2,17,19)/t12-,13+/m1/s1. The van der Waals surface area contributed by atoms with Crippen LogP contribution in [-0.4, -0.2) is 42.7 Å². The van der Waals surface area contributed by atoms with Gasteiger partial charge >= 0.3 is 0 Å². The number of primary amides is 1. The summed E-state index contributed by atoms with van der Waals surface area (Å²) in [6.45, 7) is 1.72. The number of ether oxygens (including phenoxy) is 1. The molecule has 5 heteroatoms. The first-order valence-electron chi connectivity index (χ1n) is 7.05. The molecule has 0 unspecified atom stereocenters. The van der Waals surface area contributed by atoms with E-state index in [9.17, 15) is 9.18 Å². The maximum absolute atomic E-state index is 13.4. The third-order valence-corrected chi connectivity index (χ3v) is 4.12. The first-order valence-corrected chi connectivity index (χ1v) is 7.05. The molecular weight excluding hydrogens is 259 g/mol. The Hall–Kier alpha value is -1.62. The summed E-state index contributed by atoms with van der Waals surface area (Å²) in [5, 5.41) is 0. The molecule has 0 bridgehead atoms. The van der Waals surface area contributed by atoms with Gasteiger partial charge in [0.05, 0.1) is 12.6 Å². The monoisotopic (exact) mass is 278 g/mol. The minimum Gasteiger partial charge on any atom is -0.493 e. The van der Waals surface area contributed by atoms with Crippen molar-refractivity contribution in [3.63, 3.8) is 0 Å². The number of nitrogens with two attached hydrogens (primary N) is 1. The van der Waals surface area contributed by atoms with Crippen molar-refractivity contribution < 1.29 is 13.9 Å². The minimum atomic E-state index is -0.944. The Labute approximate surface area is 117 Å². The van der Waals surface area contributed by atoms with Gasteiger partial charge in [0.15, 0.2) is 0 Å². The second-order valence-corrected chi connectivity index (χ2v) is 5.54. The molecule has 20 heavy (non-hydrogen) atoms. The number of rotatable bonds is 4. The van der Waals surface area contributed by atoms with E-state index < -0.39 is 18.1 Å². The smallest absolute Gasteiger partial charge is 0.234 e. The normalized spacial score (nSPS) is 25.4. The lowest BCUT2D eigenvalue weighted by molar-refractivity contribution is -0.122. The van der Waals surface area contributed by atoms with E-state index in [0.717, 1.165) is 25.2 Å². The topological polar surface area (TPSA) is 55.6 Å². The maximum Gasteiger partial charge on any atom is 0.234 e. The molecule has 2 N–H and O–H groups in total. The predicted octanol–water partition coefficient (Wildman–Crippen LogP) is 1.06. The van der Waals surface area contributed by atoms with Crippen LogP contribution in [0.25, 0.3) is 0 Å². The Balaban J connectivity index is 1.63. The van der Waals surface area contributed by atoms with E-state index in [2.05, 4.69) is 6.07 Å². The molecule has 2 aliphatic rings. The zero-order valence-electron chi connectivity index (χ0n) is 11.3. The maximum atomic E-state index is 13.4. The average molecular weight is 278 g/mol. The summed E-state index contributed by atoms with van der Waals surface area (Å²) >= 11 is 0.